The Morgan fingerprint density at radius 1 is 1.12 bits per heavy atom. The number of para-hydroxylation sites is 2. The van der Waals surface area contributed by atoms with Gasteiger partial charge in [-0.25, -0.2) is 4.98 Å². The number of benzene rings is 1. The Morgan fingerprint density at radius 2 is 1.94 bits per heavy atom. The molecule has 0 atom stereocenters. The molecule has 0 aliphatic carbocycles. The summed E-state index contributed by atoms with van der Waals surface area (Å²) in [5, 5.41) is 0. The molecule has 0 radical (unpaired) electrons. The van der Waals surface area contributed by atoms with Crippen molar-refractivity contribution in [3.05, 3.63) is 42.2 Å². The summed E-state index contributed by atoms with van der Waals surface area (Å²) in [6.07, 6.45) is 0. The van der Waals surface area contributed by atoms with Gasteiger partial charge in [0.25, 0.3) is 5.89 Å². The first-order valence-electron chi connectivity index (χ1n) is 5.21. The van der Waals surface area contributed by atoms with Crippen LogP contribution in [-0.2, 0) is 0 Å². The number of carbonyl (C=O) groups excluding carboxylic acids is 1. The number of carbonyl (C=O) groups is 1. The molecule has 1 aromatic carbocycles. The second-order valence-corrected chi connectivity index (χ2v) is 3.71. The number of furan rings is 1. The summed E-state index contributed by atoms with van der Waals surface area (Å²) in [7, 11) is 0. The van der Waals surface area contributed by atoms with Gasteiger partial charge in [0.1, 0.15) is 5.52 Å². The molecular weight excluding hydrogens is 218 g/mol. The maximum Gasteiger partial charge on any atom is 0.263 e. The van der Waals surface area contributed by atoms with Crippen molar-refractivity contribution >= 4 is 16.9 Å². The van der Waals surface area contributed by atoms with Gasteiger partial charge in [0.2, 0.25) is 0 Å². The van der Waals surface area contributed by atoms with Crippen LogP contribution in [0.2, 0.25) is 0 Å². The summed E-state index contributed by atoms with van der Waals surface area (Å²) in [5.41, 5.74) is 1.46. The predicted octanol–water partition coefficient (Wildman–Crippen LogP) is 3.29. The molecule has 2 aromatic heterocycles. The van der Waals surface area contributed by atoms with Crippen molar-refractivity contribution in [3.63, 3.8) is 0 Å². The summed E-state index contributed by atoms with van der Waals surface area (Å²) in [6, 6.07) is 10.8. The molecule has 4 heteroatoms. The summed E-state index contributed by atoms with van der Waals surface area (Å²) >= 11 is 0. The Kier molecular flexibility index (Phi) is 2.08. The third-order valence-corrected chi connectivity index (χ3v) is 2.46. The van der Waals surface area contributed by atoms with E-state index in [2.05, 4.69) is 4.98 Å². The quantitative estimate of drug-likeness (QED) is 0.630. The van der Waals surface area contributed by atoms with Crippen molar-refractivity contribution in [2.45, 2.75) is 6.92 Å². The van der Waals surface area contributed by atoms with Crippen LogP contribution in [0.3, 0.4) is 0 Å². The van der Waals surface area contributed by atoms with Gasteiger partial charge >= 0.3 is 0 Å². The maximum atomic E-state index is 11.1. The van der Waals surface area contributed by atoms with Crippen LogP contribution in [0.5, 0.6) is 0 Å². The number of fused-ring (bicyclic) bond motifs is 1. The standard InChI is InChI=1S/C13H9NO3/c1-8(15)10-6-7-12(16-10)13-14-9-4-2-3-5-11(9)17-13/h2-7H,1H3. The number of ketones is 1. The minimum atomic E-state index is -0.118. The van der Waals surface area contributed by atoms with E-state index in [0.29, 0.717) is 23.0 Å². The molecule has 0 bridgehead atoms. The number of hydrogen-bond donors (Lipinski definition) is 0. The van der Waals surface area contributed by atoms with E-state index in [0.717, 1.165) is 5.52 Å². The molecule has 0 unspecified atom stereocenters. The van der Waals surface area contributed by atoms with E-state index in [9.17, 15) is 4.79 Å². The van der Waals surface area contributed by atoms with Crippen molar-refractivity contribution in [1.29, 1.82) is 0 Å². The fourth-order valence-corrected chi connectivity index (χ4v) is 1.62. The third-order valence-electron chi connectivity index (χ3n) is 2.46. The van der Waals surface area contributed by atoms with Gasteiger partial charge < -0.3 is 8.83 Å². The van der Waals surface area contributed by atoms with Crippen molar-refractivity contribution in [2.75, 3.05) is 0 Å². The van der Waals surface area contributed by atoms with Crippen LogP contribution >= 0.6 is 0 Å². The van der Waals surface area contributed by atoms with Gasteiger partial charge in [0.15, 0.2) is 22.9 Å². The fourth-order valence-electron chi connectivity index (χ4n) is 1.62. The second kappa shape index (κ2) is 3.59. The van der Waals surface area contributed by atoms with Gasteiger partial charge in [-0.3, -0.25) is 4.79 Å². The predicted molar refractivity (Wildman–Crippen MR) is 61.7 cm³/mol. The zero-order valence-electron chi connectivity index (χ0n) is 9.14. The average molecular weight is 227 g/mol. The van der Waals surface area contributed by atoms with E-state index in [4.69, 9.17) is 8.83 Å². The topological polar surface area (TPSA) is 56.2 Å². The molecule has 0 aliphatic heterocycles. The van der Waals surface area contributed by atoms with E-state index in [-0.39, 0.29) is 5.78 Å². The van der Waals surface area contributed by atoms with E-state index in [1.165, 1.54) is 6.92 Å². The number of oxazole rings is 1. The zero-order valence-corrected chi connectivity index (χ0v) is 9.14. The maximum absolute atomic E-state index is 11.1. The minimum absolute atomic E-state index is 0.118. The first-order valence-corrected chi connectivity index (χ1v) is 5.21. The Bertz CT molecular complexity index is 660. The summed E-state index contributed by atoms with van der Waals surface area (Å²) in [5.74, 6) is 1.04. The third kappa shape index (κ3) is 1.63. The normalized spacial score (nSPS) is 10.9. The van der Waals surface area contributed by atoms with Crippen LogP contribution in [-0.4, -0.2) is 10.8 Å². The molecular formula is C13H9NO3. The van der Waals surface area contributed by atoms with Gasteiger partial charge in [-0.05, 0) is 24.3 Å². The fraction of sp³-hybridized carbons (Fsp3) is 0.0769. The molecule has 2 heterocycles. The number of nitrogens with zero attached hydrogens (tertiary/aromatic N) is 1. The summed E-state index contributed by atoms with van der Waals surface area (Å²) in [4.78, 5) is 15.4. The molecule has 3 aromatic rings. The lowest BCUT2D eigenvalue weighted by Crippen LogP contribution is -1.86. The first-order chi connectivity index (χ1) is 8.24. The minimum Gasteiger partial charge on any atom is -0.448 e. The van der Waals surface area contributed by atoms with E-state index >= 15 is 0 Å². The smallest absolute Gasteiger partial charge is 0.263 e. The Balaban J connectivity index is 2.10. The number of hydrogen-bond acceptors (Lipinski definition) is 4. The van der Waals surface area contributed by atoms with E-state index in [1.807, 2.05) is 24.3 Å². The molecule has 0 aliphatic rings. The van der Waals surface area contributed by atoms with Gasteiger partial charge in [-0.2, -0.15) is 0 Å². The van der Waals surface area contributed by atoms with Crippen molar-refractivity contribution in [2.24, 2.45) is 0 Å². The molecule has 0 fully saturated rings. The monoisotopic (exact) mass is 227 g/mol. The average Bonchev–Trinajstić information content (AvgIpc) is 2.95. The molecule has 17 heavy (non-hydrogen) atoms. The van der Waals surface area contributed by atoms with Crippen molar-refractivity contribution < 1.29 is 13.6 Å². The molecule has 0 saturated heterocycles. The molecule has 4 nitrogen and oxygen atoms in total. The Morgan fingerprint density at radius 3 is 2.65 bits per heavy atom. The highest BCUT2D eigenvalue weighted by Gasteiger charge is 2.13. The second-order valence-electron chi connectivity index (χ2n) is 3.71. The zero-order chi connectivity index (χ0) is 11.8. The largest absolute Gasteiger partial charge is 0.448 e. The van der Waals surface area contributed by atoms with Crippen LogP contribution in [0.1, 0.15) is 17.5 Å². The van der Waals surface area contributed by atoms with Crippen LogP contribution in [0, 0.1) is 0 Å². The highest BCUT2D eigenvalue weighted by atomic mass is 16.4. The van der Waals surface area contributed by atoms with Crippen molar-refractivity contribution in [3.8, 4) is 11.7 Å². The highest BCUT2D eigenvalue weighted by Crippen LogP contribution is 2.25. The van der Waals surface area contributed by atoms with Crippen molar-refractivity contribution in [1.82, 2.24) is 4.98 Å². The lowest BCUT2D eigenvalue weighted by Gasteiger charge is -1.88. The Labute approximate surface area is 96.9 Å². The number of Topliss-reactive ketones (excluding diaryl/α,β-unsaturated/α-hetero) is 1. The number of rotatable bonds is 2. The van der Waals surface area contributed by atoms with Gasteiger partial charge in [-0.15, -0.1) is 0 Å². The van der Waals surface area contributed by atoms with Gasteiger partial charge in [0.05, 0.1) is 0 Å². The Hall–Kier alpha value is -2.36. The highest BCUT2D eigenvalue weighted by molar-refractivity contribution is 5.91. The van der Waals surface area contributed by atoms with E-state index < -0.39 is 0 Å². The van der Waals surface area contributed by atoms with Crippen LogP contribution in [0.15, 0.2) is 45.2 Å². The lowest BCUT2D eigenvalue weighted by molar-refractivity contribution is 0.0988. The first kappa shape index (κ1) is 9.84. The summed E-state index contributed by atoms with van der Waals surface area (Å²) in [6.45, 7) is 1.45. The van der Waals surface area contributed by atoms with Crippen LogP contribution in [0.25, 0.3) is 22.8 Å². The van der Waals surface area contributed by atoms with Crippen LogP contribution in [0.4, 0.5) is 0 Å². The molecule has 84 valence electrons. The van der Waals surface area contributed by atoms with Crippen LogP contribution < -0.4 is 0 Å². The molecule has 0 spiro atoms. The van der Waals surface area contributed by atoms with Gasteiger partial charge in [-0.1, -0.05) is 12.1 Å². The summed E-state index contributed by atoms with van der Waals surface area (Å²) < 4.78 is 10.9. The molecule has 0 saturated carbocycles. The SMILES string of the molecule is CC(=O)c1ccc(-c2nc3ccccc3o2)o1. The lowest BCUT2D eigenvalue weighted by atomic mass is 10.3. The van der Waals surface area contributed by atoms with Gasteiger partial charge in [0, 0.05) is 6.92 Å². The molecule has 3 rings (SSSR count). The van der Waals surface area contributed by atoms with E-state index in [1.54, 1.807) is 12.1 Å². The molecule has 0 N–H and O–H groups in total. The number of aromatic nitrogens is 1. The molecule has 0 amide bonds.